The Morgan fingerprint density at radius 2 is 2.00 bits per heavy atom. The molecule has 0 aromatic heterocycles. The van der Waals surface area contributed by atoms with Gasteiger partial charge in [-0.1, -0.05) is 0 Å². The lowest BCUT2D eigenvalue weighted by Gasteiger charge is -2.18. The predicted molar refractivity (Wildman–Crippen MR) is 54.5 cm³/mol. The molecule has 1 amide bonds. The van der Waals surface area contributed by atoms with Gasteiger partial charge in [0.15, 0.2) is 0 Å². The van der Waals surface area contributed by atoms with E-state index in [1.165, 1.54) is 0 Å². The van der Waals surface area contributed by atoms with Crippen LogP contribution in [0.3, 0.4) is 0 Å². The van der Waals surface area contributed by atoms with Crippen molar-refractivity contribution in [1.29, 1.82) is 0 Å². The molecule has 0 saturated heterocycles. The Bertz CT molecular complexity index is 135. The number of carbonyl (C=O) groups excluding carboxylic acids is 1. The van der Waals surface area contributed by atoms with Crippen LogP contribution in [0.4, 0.5) is 0 Å². The van der Waals surface area contributed by atoms with E-state index in [0.29, 0.717) is 13.1 Å². The Morgan fingerprint density at radius 1 is 1.38 bits per heavy atom. The van der Waals surface area contributed by atoms with E-state index in [1.54, 1.807) is 0 Å². The summed E-state index contributed by atoms with van der Waals surface area (Å²) in [6.07, 6.45) is 0.922. The maximum atomic E-state index is 11.4. The van der Waals surface area contributed by atoms with Crippen LogP contribution in [0.25, 0.3) is 0 Å². The number of nitrogens with zero attached hydrogens (tertiary/aromatic N) is 1. The van der Waals surface area contributed by atoms with E-state index >= 15 is 0 Å². The number of likely N-dealkylation sites (N-methyl/N-ethyl adjacent to an activating group) is 1. The third kappa shape index (κ3) is 5.60. The van der Waals surface area contributed by atoms with Crippen LogP contribution in [0.15, 0.2) is 0 Å². The van der Waals surface area contributed by atoms with Gasteiger partial charge in [0, 0.05) is 13.1 Å². The molecule has 3 N–H and O–H groups in total. The van der Waals surface area contributed by atoms with Crippen LogP contribution in [-0.2, 0) is 4.79 Å². The minimum absolute atomic E-state index is 0.169. The van der Waals surface area contributed by atoms with Gasteiger partial charge in [0.25, 0.3) is 0 Å². The molecule has 4 nitrogen and oxygen atoms in total. The molecule has 4 heteroatoms. The molecular formula is C9H21N3O. The molecule has 0 saturated carbocycles. The zero-order chi connectivity index (χ0) is 10.1. The highest BCUT2D eigenvalue weighted by Gasteiger charge is 2.07. The minimum Gasteiger partial charge on any atom is -0.342 e. The minimum atomic E-state index is 0.169. The number of nitrogens with two attached hydrogens (primary N) is 1. The van der Waals surface area contributed by atoms with Gasteiger partial charge in [0.1, 0.15) is 0 Å². The summed E-state index contributed by atoms with van der Waals surface area (Å²) in [7, 11) is 0. The van der Waals surface area contributed by atoms with Crippen molar-refractivity contribution in [3.63, 3.8) is 0 Å². The first kappa shape index (κ1) is 12.4. The van der Waals surface area contributed by atoms with E-state index in [-0.39, 0.29) is 5.91 Å². The van der Waals surface area contributed by atoms with Crippen LogP contribution in [0, 0.1) is 0 Å². The molecule has 78 valence electrons. The standard InChI is InChI=1S/C9H21N3O/c1-3-12(4-2)9(13)8-11-7-5-6-10/h11H,3-8,10H2,1-2H3. The summed E-state index contributed by atoms with van der Waals surface area (Å²) in [4.78, 5) is 13.2. The Balaban J connectivity index is 3.48. The average molecular weight is 187 g/mol. The van der Waals surface area contributed by atoms with Crippen molar-refractivity contribution in [2.75, 3.05) is 32.7 Å². The van der Waals surface area contributed by atoms with E-state index in [4.69, 9.17) is 5.73 Å². The lowest BCUT2D eigenvalue weighted by molar-refractivity contribution is -0.129. The van der Waals surface area contributed by atoms with Gasteiger partial charge in [-0.3, -0.25) is 4.79 Å². The van der Waals surface area contributed by atoms with Gasteiger partial charge in [-0.2, -0.15) is 0 Å². The van der Waals surface area contributed by atoms with Crippen LogP contribution >= 0.6 is 0 Å². The van der Waals surface area contributed by atoms with Crippen LogP contribution < -0.4 is 11.1 Å². The molecule has 0 heterocycles. The van der Waals surface area contributed by atoms with Gasteiger partial charge in [0.05, 0.1) is 6.54 Å². The van der Waals surface area contributed by atoms with Crippen molar-refractivity contribution in [2.24, 2.45) is 5.73 Å². The molecule has 0 fully saturated rings. The van der Waals surface area contributed by atoms with Crippen LogP contribution in [-0.4, -0.2) is 43.5 Å². The number of rotatable bonds is 7. The maximum absolute atomic E-state index is 11.4. The second-order valence-electron chi connectivity index (χ2n) is 2.89. The van der Waals surface area contributed by atoms with Gasteiger partial charge in [-0.15, -0.1) is 0 Å². The van der Waals surface area contributed by atoms with Gasteiger partial charge < -0.3 is 16.0 Å². The Hall–Kier alpha value is -0.610. The normalized spacial score (nSPS) is 10.1. The van der Waals surface area contributed by atoms with Crippen molar-refractivity contribution in [3.05, 3.63) is 0 Å². The molecule has 0 bridgehead atoms. The topological polar surface area (TPSA) is 58.4 Å². The Kier molecular flexibility index (Phi) is 7.63. The highest BCUT2D eigenvalue weighted by molar-refractivity contribution is 5.78. The third-order valence-corrected chi connectivity index (χ3v) is 1.95. The molecular weight excluding hydrogens is 166 g/mol. The molecule has 0 aromatic carbocycles. The van der Waals surface area contributed by atoms with Crippen LogP contribution in [0.5, 0.6) is 0 Å². The second kappa shape index (κ2) is 8.01. The van der Waals surface area contributed by atoms with E-state index in [9.17, 15) is 4.79 Å². The van der Waals surface area contributed by atoms with Crippen LogP contribution in [0.1, 0.15) is 20.3 Å². The molecule has 0 aliphatic carbocycles. The Labute approximate surface area is 80.5 Å². The average Bonchev–Trinajstić information content (AvgIpc) is 2.14. The van der Waals surface area contributed by atoms with Crippen molar-refractivity contribution >= 4 is 5.91 Å². The monoisotopic (exact) mass is 187 g/mol. The summed E-state index contributed by atoms with van der Waals surface area (Å²) in [5.41, 5.74) is 5.32. The lowest BCUT2D eigenvalue weighted by atomic mass is 10.4. The largest absolute Gasteiger partial charge is 0.342 e. The highest BCUT2D eigenvalue weighted by Crippen LogP contribution is 1.87. The first-order valence-corrected chi connectivity index (χ1v) is 4.94. The van der Waals surface area contributed by atoms with Crippen LogP contribution in [0.2, 0.25) is 0 Å². The molecule has 0 atom stereocenters. The molecule has 0 spiro atoms. The quantitative estimate of drug-likeness (QED) is 0.542. The Morgan fingerprint density at radius 3 is 2.46 bits per heavy atom. The number of hydrogen-bond donors (Lipinski definition) is 2. The smallest absolute Gasteiger partial charge is 0.236 e. The molecule has 0 aliphatic rings. The van der Waals surface area contributed by atoms with Gasteiger partial charge >= 0.3 is 0 Å². The number of amides is 1. The first-order valence-electron chi connectivity index (χ1n) is 4.94. The van der Waals surface area contributed by atoms with Crippen molar-refractivity contribution in [2.45, 2.75) is 20.3 Å². The van der Waals surface area contributed by atoms with E-state index in [1.807, 2.05) is 18.7 Å². The molecule has 0 unspecified atom stereocenters. The zero-order valence-electron chi connectivity index (χ0n) is 8.68. The van der Waals surface area contributed by atoms with Crippen molar-refractivity contribution in [1.82, 2.24) is 10.2 Å². The van der Waals surface area contributed by atoms with E-state index < -0.39 is 0 Å². The predicted octanol–water partition coefficient (Wildman–Crippen LogP) is -0.207. The maximum Gasteiger partial charge on any atom is 0.236 e. The number of hydrogen-bond acceptors (Lipinski definition) is 3. The van der Waals surface area contributed by atoms with Gasteiger partial charge in [0.2, 0.25) is 5.91 Å². The fourth-order valence-corrected chi connectivity index (χ4v) is 1.11. The number of carbonyl (C=O) groups is 1. The zero-order valence-corrected chi connectivity index (χ0v) is 8.68. The fraction of sp³-hybridized carbons (Fsp3) is 0.889. The first-order chi connectivity index (χ1) is 6.26. The van der Waals surface area contributed by atoms with Gasteiger partial charge in [-0.25, -0.2) is 0 Å². The summed E-state index contributed by atoms with van der Waals surface area (Å²) in [5, 5.41) is 3.06. The summed E-state index contributed by atoms with van der Waals surface area (Å²) >= 11 is 0. The SMILES string of the molecule is CCN(CC)C(=O)CNCCCN. The van der Waals surface area contributed by atoms with E-state index in [2.05, 4.69) is 5.32 Å². The summed E-state index contributed by atoms with van der Waals surface area (Å²) < 4.78 is 0. The fourth-order valence-electron chi connectivity index (χ4n) is 1.11. The molecule has 0 rings (SSSR count). The molecule has 0 radical (unpaired) electrons. The lowest BCUT2D eigenvalue weighted by Crippen LogP contribution is -2.38. The van der Waals surface area contributed by atoms with Crippen molar-refractivity contribution < 1.29 is 4.79 Å². The van der Waals surface area contributed by atoms with Crippen molar-refractivity contribution in [3.8, 4) is 0 Å². The molecule has 13 heavy (non-hydrogen) atoms. The second-order valence-corrected chi connectivity index (χ2v) is 2.89. The third-order valence-electron chi connectivity index (χ3n) is 1.95. The number of nitrogens with one attached hydrogen (secondary N) is 1. The molecule has 0 aromatic rings. The summed E-state index contributed by atoms with van der Waals surface area (Å²) in [6.45, 7) is 7.47. The van der Waals surface area contributed by atoms with Gasteiger partial charge in [-0.05, 0) is 33.4 Å². The summed E-state index contributed by atoms with van der Waals surface area (Å²) in [6, 6.07) is 0. The molecule has 0 aliphatic heterocycles. The highest BCUT2D eigenvalue weighted by atomic mass is 16.2. The summed E-state index contributed by atoms with van der Waals surface area (Å²) in [5.74, 6) is 0.169. The van der Waals surface area contributed by atoms with E-state index in [0.717, 1.165) is 26.1 Å².